The van der Waals surface area contributed by atoms with E-state index in [2.05, 4.69) is 59.4 Å². The highest BCUT2D eigenvalue weighted by Gasteiger charge is 2.29. The highest BCUT2D eigenvalue weighted by atomic mass is 16.5. The Morgan fingerprint density at radius 2 is 1.61 bits per heavy atom. The highest BCUT2D eigenvalue weighted by molar-refractivity contribution is 5.46. The molecule has 2 atom stereocenters. The molecule has 178 valence electrons. The van der Waals surface area contributed by atoms with Gasteiger partial charge >= 0.3 is 0 Å². The van der Waals surface area contributed by atoms with Gasteiger partial charge in [-0.15, -0.1) is 0 Å². The molecule has 0 heterocycles. The Balaban J connectivity index is 2.90. The van der Waals surface area contributed by atoms with E-state index in [1.807, 2.05) is 6.08 Å². The van der Waals surface area contributed by atoms with Gasteiger partial charge in [0.25, 0.3) is 0 Å². The first-order valence-electron chi connectivity index (χ1n) is 13.4. The predicted molar refractivity (Wildman–Crippen MR) is 139 cm³/mol. The largest absolute Gasteiger partial charge is 0.489 e. The summed E-state index contributed by atoms with van der Waals surface area (Å²) in [6.07, 6.45) is 20.2. The summed E-state index contributed by atoms with van der Waals surface area (Å²) in [5.41, 5.74) is 3.00. The smallest absolute Gasteiger partial charge is 0.126 e. The molecular weight excluding hydrogens is 376 g/mol. The second-order valence-electron chi connectivity index (χ2n) is 9.80. The first-order chi connectivity index (χ1) is 15.1. The monoisotopic (exact) mass is 428 g/mol. The molecule has 1 rings (SSSR count). The van der Waals surface area contributed by atoms with Crippen LogP contribution in [0.15, 0.2) is 30.9 Å². The first-order valence-corrected chi connectivity index (χ1v) is 13.4. The van der Waals surface area contributed by atoms with Gasteiger partial charge in [-0.05, 0) is 36.2 Å². The molecule has 0 bridgehead atoms. The Morgan fingerprint density at radius 1 is 0.935 bits per heavy atom. The number of rotatable bonds is 19. The second-order valence-corrected chi connectivity index (χ2v) is 9.80. The van der Waals surface area contributed by atoms with Gasteiger partial charge in [0.2, 0.25) is 0 Å². The molecule has 0 saturated carbocycles. The van der Waals surface area contributed by atoms with E-state index < -0.39 is 0 Å². The molecule has 0 aliphatic carbocycles. The van der Waals surface area contributed by atoms with Gasteiger partial charge in [0.15, 0.2) is 0 Å². The zero-order chi connectivity index (χ0) is 23.0. The van der Waals surface area contributed by atoms with Crippen molar-refractivity contribution in [2.75, 3.05) is 6.61 Å². The number of unbranched alkanes of at least 4 members (excludes halogenated alkanes) is 7. The zero-order valence-electron chi connectivity index (χ0n) is 21.6. The van der Waals surface area contributed by atoms with Gasteiger partial charge in [-0.2, -0.15) is 0 Å². The fourth-order valence-corrected chi connectivity index (χ4v) is 4.85. The second kappa shape index (κ2) is 16.4. The molecular formula is C30H52O. The summed E-state index contributed by atoms with van der Waals surface area (Å²) in [7, 11) is 0. The summed E-state index contributed by atoms with van der Waals surface area (Å²) in [5.74, 6) is 1.90. The maximum absolute atomic E-state index is 6.35. The lowest BCUT2D eigenvalue weighted by Gasteiger charge is -2.32. The molecule has 0 aromatic heterocycles. The van der Waals surface area contributed by atoms with Gasteiger partial charge < -0.3 is 4.74 Å². The van der Waals surface area contributed by atoms with Crippen LogP contribution in [0.3, 0.4) is 0 Å². The molecule has 0 spiro atoms. The van der Waals surface area contributed by atoms with E-state index in [0.29, 0.717) is 6.61 Å². The molecule has 2 unspecified atom stereocenters. The van der Waals surface area contributed by atoms with Crippen molar-refractivity contribution in [2.45, 2.75) is 130 Å². The van der Waals surface area contributed by atoms with E-state index in [4.69, 9.17) is 4.74 Å². The molecule has 1 heteroatoms. The van der Waals surface area contributed by atoms with Gasteiger partial charge in [0, 0.05) is 5.56 Å². The van der Waals surface area contributed by atoms with E-state index >= 15 is 0 Å². The summed E-state index contributed by atoms with van der Waals surface area (Å²) >= 11 is 0. The summed E-state index contributed by atoms with van der Waals surface area (Å²) < 4.78 is 6.35. The minimum Gasteiger partial charge on any atom is -0.489 e. The van der Waals surface area contributed by atoms with Crippen molar-refractivity contribution in [3.8, 4) is 5.75 Å². The number of para-hydroxylation sites is 1. The van der Waals surface area contributed by atoms with Crippen LogP contribution in [-0.4, -0.2) is 6.61 Å². The van der Waals surface area contributed by atoms with Crippen LogP contribution in [0.2, 0.25) is 0 Å². The van der Waals surface area contributed by atoms with Gasteiger partial charge in [0.05, 0.1) is 0 Å². The minimum atomic E-state index is 0.182. The van der Waals surface area contributed by atoms with Crippen LogP contribution in [0.25, 0.3) is 0 Å². The molecule has 0 aliphatic heterocycles. The Morgan fingerprint density at radius 3 is 2.19 bits per heavy atom. The summed E-state index contributed by atoms with van der Waals surface area (Å²) in [6.45, 7) is 16.2. The zero-order valence-corrected chi connectivity index (χ0v) is 21.6. The van der Waals surface area contributed by atoms with E-state index in [9.17, 15) is 0 Å². The lowest BCUT2D eigenvalue weighted by atomic mass is 9.74. The van der Waals surface area contributed by atoms with Gasteiger partial charge in [0.1, 0.15) is 12.4 Å². The number of benzene rings is 1. The summed E-state index contributed by atoms with van der Waals surface area (Å²) in [5, 5.41) is 0. The van der Waals surface area contributed by atoms with Crippen LogP contribution in [0.5, 0.6) is 5.75 Å². The van der Waals surface area contributed by atoms with Crippen LogP contribution >= 0.6 is 0 Å². The fourth-order valence-electron chi connectivity index (χ4n) is 4.85. The highest BCUT2D eigenvalue weighted by Crippen LogP contribution is 2.41. The van der Waals surface area contributed by atoms with Crippen molar-refractivity contribution in [1.82, 2.24) is 0 Å². The third-order valence-electron chi connectivity index (χ3n) is 7.24. The van der Waals surface area contributed by atoms with E-state index in [0.717, 1.165) is 24.5 Å². The quantitative estimate of drug-likeness (QED) is 0.157. The number of hydrogen-bond donors (Lipinski definition) is 0. The maximum atomic E-state index is 6.35. The minimum absolute atomic E-state index is 0.182. The van der Waals surface area contributed by atoms with Crippen molar-refractivity contribution in [3.63, 3.8) is 0 Å². The third kappa shape index (κ3) is 9.84. The average Bonchev–Trinajstić information content (AvgIpc) is 2.79. The molecule has 0 fully saturated rings. The van der Waals surface area contributed by atoms with Crippen LogP contribution < -0.4 is 4.74 Å². The lowest BCUT2D eigenvalue weighted by molar-refractivity contribution is 0.324. The Labute approximate surface area is 195 Å². The molecule has 0 saturated heterocycles. The van der Waals surface area contributed by atoms with Crippen LogP contribution in [-0.2, 0) is 11.8 Å². The molecule has 0 aliphatic rings. The Kier molecular flexibility index (Phi) is 14.7. The standard InChI is InChI=1S/C30H52O/c1-7-12-13-14-15-16-17-18-23-30(6,11-5)28-22-19-21-27(29(28)31-24-9-3)25-26(10-4)20-8-2/h9,19,21-22,26H,3,7-8,10-18,20,23-25H2,1-2,4-6H3. The molecule has 1 aromatic carbocycles. The first kappa shape index (κ1) is 27.8. The van der Waals surface area contributed by atoms with Crippen molar-refractivity contribution >= 4 is 0 Å². The average molecular weight is 429 g/mol. The maximum Gasteiger partial charge on any atom is 0.126 e. The van der Waals surface area contributed by atoms with E-state index in [1.165, 1.54) is 88.2 Å². The predicted octanol–water partition coefficient (Wildman–Crippen LogP) is 9.82. The lowest BCUT2D eigenvalue weighted by Crippen LogP contribution is -2.23. The van der Waals surface area contributed by atoms with Crippen molar-refractivity contribution in [3.05, 3.63) is 42.0 Å². The van der Waals surface area contributed by atoms with Gasteiger partial charge in [-0.25, -0.2) is 0 Å². The van der Waals surface area contributed by atoms with Crippen LogP contribution in [0, 0.1) is 5.92 Å². The van der Waals surface area contributed by atoms with Crippen molar-refractivity contribution in [1.29, 1.82) is 0 Å². The molecule has 0 N–H and O–H groups in total. The van der Waals surface area contributed by atoms with Crippen LogP contribution in [0.1, 0.15) is 129 Å². The number of hydrogen-bond acceptors (Lipinski definition) is 1. The normalized spacial score (nSPS) is 14.2. The number of ether oxygens (including phenoxy) is 1. The molecule has 0 radical (unpaired) electrons. The molecule has 1 aromatic rings. The van der Waals surface area contributed by atoms with E-state index in [1.54, 1.807) is 0 Å². The fraction of sp³-hybridized carbons (Fsp3) is 0.733. The van der Waals surface area contributed by atoms with Crippen LogP contribution in [0.4, 0.5) is 0 Å². The molecule has 1 nitrogen and oxygen atoms in total. The Bertz CT molecular complexity index is 590. The van der Waals surface area contributed by atoms with E-state index in [-0.39, 0.29) is 5.41 Å². The molecule has 0 amide bonds. The van der Waals surface area contributed by atoms with Crippen molar-refractivity contribution < 1.29 is 4.74 Å². The third-order valence-corrected chi connectivity index (χ3v) is 7.24. The van der Waals surface area contributed by atoms with Crippen molar-refractivity contribution in [2.24, 2.45) is 5.92 Å². The summed E-state index contributed by atoms with van der Waals surface area (Å²) in [6, 6.07) is 6.90. The molecule has 31 heavy (non-hydrogen) atoms. The summed E-state index contributed by atoms with van der Waals surface area (Å²) in [4.78, 5) is 0. The Hall–Kier alpha value is -1.24. The topological polar surface area (TPSA) is 9.23 Å². The SMILES string of the molecule is C=CCOc1c(CC(CC)CCC)cccc1C(C)(CC)CCCCCCCCCC. The van der Waals surface area contributed by atoms with Gasteiger partial charge in [-0.3, -0.25) is 0 Å². The van der Waals surface area contributed by atoms with Gasteiger partial charge in [-0.1, -0.05) is 136 Å².